The van der Waals surface area contributed by atoms with E-state index in [-0.39, 0.29) is 14.9 Å². The van der Waals surface area contributed by atoms with Crippen LogP contribution in [0.4, 0.5) is 16.4 Å². The maximum atomic E-state index is 12.2. The molecule has 1 aromatic heterocycles. The van der Waals surface area contributed by atoms with Gasteiger partial charge in [0.1, 0.15) is 4.21 Å². The molecule has 0 aliphatic heterocycles. The lowest BCUT2D eigenvalue weighted by atomic mass is 10.3. The minimum Gasteiger partial charge on any atom is -0.374 e. The predicted molar refractivity (Wildman–Crippen MR) is 90.5 cm³/mol. The van der Waals surface area contributed by atoms with Gasteiger partial charge in [0.05, 0.1) is 4.92 Å². The second-order valence-corrected chi connectivity index (χ2v) is 8.11. The zero-order valence-corrected chi connectivity index (χ0v) is 14.5. The van der Waals surface area contributed by atoms with E-state index in [0.29, 0.717) is 5.69 Å². The van der Waals surface area contributed by atoms with Crippen molar-refractivity contribution in [2.75, 3.05) is 17.1 Å². The molecular weight excluding hydrogens is 429 g/mol. The number of rotatable bonds is 5. The lowest BCUT2D eigenvalue weighted by molar-refractivity contribution is -0.383. The van der Waals surface area contributed by atoms with Crippen molar-refractivity contribution in [2.24, 2.45) is 0 Å². The van der Waals surface area contributed by atoms with Crippen LogP contribution in [0.15, 0.2) is 34.5 Å². The van der Waals surface area contributed by atoms with Gasteiger partial charge in [-0.1, -0.05) is 11.3 Å². The van der Waals surface area contributed by atoms with Crippen molar-refractivity contribution in [2.45, 2.75) is 4.21 Å². The highest BCUT2D eigenvalue weighted by Crippen LogP contribution is 2.37. The van der Waals surface area contributed by atoms with Crippen molar-refractivity contribution in [1.82, 2.24) is 0 Å². The van der Waals surface area contributed by atoms with E-state index in [4.69, 9.17) is 0 Å². The fourth-order valence-electron chi connectivity index (χ4n) is 1.53. The summed E-state index contributed by atoms with van der Waals surface area (Å²) < 4.78 is 27.7. The Morgan fingerprint density at radius 1 is 1.29 bits per heavy atom. The van der Waals surface area contributed by atoms with Crippen molar-refractivity contribution < 1.29 is 13.3 Å². The van der Waals surface area contributed by atoms with E-state index >= 15 is 0 Å². The molecule has 112 valence electrons. The fourth-order valence-corrected chi connectivity index (χ4v) is 4.23. The lowest BCUT2D eigenvalue weighted by Gasteiger charge is -2.05. The fraction of sp³-hybridized carbons (Fsp3) is 0.0909. The third-order valence-corrected chi connectivity index (χ3v) is 6.19. The van der Waals surface area contributed by atoms with Crippen LogP contribution in [0.3, 0.4) is 0 Å². The Bertz CT molecular complexity index is 771. The van der Waals surface area contributed by atoms with Crippen LogP contribution in [0.1, 0.15) is 0 Å². The maximum absolute atomic E-state index is 12.2. The molecule has 1 aromatic carbocycles. The first-order valence-electron chi connectivity index (χ1n) is 5.58. The number of nitrogens with one attached hydrogen (secondary N) is 2. The van der Waals surface area contributed by atoms with E-state index in [1.165, 1.54) is 7.05 Å². The molecule has 0 spiro atoms. The van der Waals surface area contributed by atoms with E-state index in [0.717, 1.165) is 21.0 Å². The van der Waals surface area contributed by atoms with Crippen molar-refractivity contribution >= 4 is 60.3 Å². The summed E-state index contributed by atoms with van der Waals surface area (Å²) in [6.45, 7) is 0. The number of nitro groups is 1. The third kappa shape index (κ3) is 3.63. The molecule has 1 heterocycles. The molecule has 10 heteroatoms. The van der Waals surface area contributed by atoms with E-state index < -0.39 is 14.9 Å². The summed E-state index contributed by atoms with van der Waals surface area (Å²) in [6.07, 6.45) is 0. The molecule has 0 aliphatic rings. The molecule has 0 fully saturated rings. The van der Waals surface area contributed by atoms with E-state index in [9.17, 15) is 18.5 Å². The van der Waals surface area contributed by atoms with Crippen molar-refractivity contribution in [3.63, 3.8) is 0 Å². The summed E-state index contributed by atoms with van der Waals surface area (Å²) in [5.41, 5.74) is 0.142. The van der Waals surface area contributed by atoms with Gasteiger partial charge in [0, 0.05) is 22.4 Å². The average molecular weight is 439 g/mol. The molecule has 0 bridgehead atoms. The molecule has 0 unspecified atom stereocenters. The molecular formula is C11H10IN3O4S2. The minimum absolute atomic E-state index is 0.114. The van der Waals surface area contributed by atoms with Gasteiger partial charge in [-0.3, -0.25) is 14.8 Å². The summed E-state index contributed by atoms with van der Waals surface area (Å²) in [5.74, 6) is 0. The van der Waals surface area contributed by atoms with Gasteiger partial charge in [-0.15, -0.1) is 0 Å². The van der Waals surface area contributed by atoms with Crippen LogP contribution in [-0.4, -0.2) is 20.4 Å². The smallest absolute Gasteiger partial charge is 0.304 e. The normalized spacial score (nSPS) is 11.1. The number of nitrogens with zero attached hydrogens (tertiary/aromatic N) is 1. The van der Waals surface area contributed by atoms with E-state index in [1.54, 1.807) is 24.3 Å². The van der Waals surface area contributed by atoms with Gasteiger partial charge in [-0.25, -0.2) is 8.42 Å². The lowest BCUT2D eigenvalue weighted by Crippen LogP contribution is -2.11. The van der Waals surface area contributed by atoms with Gasteiger partial charge in [0.2, 0.25) is 0 Å². The molecule has 0 saturated carbocycles. The molecule has 2 N–H and O–H groups in total. The second kappa shape index (κ2) is 6.15. The zero-order valence-electron chi connectivity index (χ0n) is 10.7. The number of hydrogen-bond acceptors (Lipinski definition) is 6. The Kier molecular flexibility index (Phi) is 4.68. The highest BCUT2D eigenvalue weighted by Gasteiger charge is 2.25. The van der Waals surface area contributed by atoms with E-state index in [2.05, 4.69) is 32.6 Å². The molecule has 0 aliphatic carbocycles. The Morgan fingerprint density at radius 2 is 1.90 bits per heavy atom. The number of sulfonamides is 1. The van der Waals surface area contributed by atoms with Crippen LogP contribution in [0.25, 0.3) is 0 Å². The minimum atomic E-state index is -3.85. The highest BCUT2D eigenvalue weighted by molar-refractivity contribution is 14.1. The van der Waals surface area contributed by atoms with E-state index in [1.807, 2.05) is 0 Å². The number of benzene rings is 1. The first kappa shape index (κ1) is 16.0. The molecule has 0 amide bonds. The van der Waals surface area contributed by atoms with Gasteiger partial charge in [-0.05, 0) is 46.9 Å². The SMILES string of the molecule is CNc1sc(S(=O)(=O)Nc2ccc(I)cc2)cc1[N+](=O)[O-]. The van der Waals surface area contributed by atoms with Crippen LogP contribution in [0.2, 0.25) is 0 Å². The first-order valence-corrected chi connectivity index (χ1v) is 8.95. The molecule has 0 atom stereocenters. The molecule has 21 heavy (non-hydrogen) atoms. The van der Waals surface area contributed by atoms with Crippen molar-refractivity contribution in [3.05, 3.63) is 44.0 Å². The molecule has 2 rings (SSSR count). The van der Waals surface area contributed by atoms with Gasteiger partial charge >= 0.3 is 5.69 Å². The summed E-state index contributed by atoms with van der Waals surface area (Å²) in [4.78, 5) is 10.3. The average Bonchev–Trinajstić information content (AvgIpc) is 2.86. The number of thiophene rings is 1. The number of hydrogen-bond donors (Lipinski definition) is 2. The monoisotopic (exact) mass is 439 g/mol. The number of anilines is 2. The van der Waals surface area contributed by atoms with Gasteiger partial charge in [-0.2, -0.15) is 0 Å². The largest absolute Gasteiger partial charge is 0.374 e. The Morgan fingerprint density at radius 3 is 2.38 bits per heavy atom. The molecule has 0 saturated heterocycles. The Labute approximate surface area is 138 Å². The van der Waals surface area contributed by atoms with Crippen LogP contribution < -0.4 is 10.0 Å². The summed E-state index contributed by atoms with van der Waals surface area (Å²) in [7, 11) is -2.35. The Balaban J connectivity index is 2.35. The second-order valence-electron chi connectivity index (χ2n) is 3.90. The van der Waals surface area contributed by atoms with Crippen LogP contribution in [0, 0.1) is 13.7 Å². The van der Waals surface area contributed by atoms with Gasteiger partial charge in [0.25, 0.3) is 10.0 Å². The maximum Gasteiger partial charge on any atom is 0.304 e. The highest BCUT2D eigenvalue weighted by atomic mass is 127. The summed E-state index contributed by atoms with van der Waals surface area (Å²) in [6, 6.07) is 7.81. The standard InChI is InChI=1S/C11H10IN3O4S2/c1-13-11-9(15(16)17)6-10(20-11)21(18,19)14-8-4-2-7(12)3-5-8/h2-6,13-14H,1H3. The topological polar surface area (TPSA) is 101 Å². The molecule has 0 radical (unpaired) electrons. The third-order valence-electron chi connectivity index (χ3n) is 2.47. The predicted octanol–water partition coefficient (Wildman–Crippen LogP) is 3.10. The van der Waals surface area contributed by atoms with Gasteiger partial charge < -0.3 is 5.32 Å². The van der Waals surface area contributed by atoms with Crippen LogP contribution in [-0.2, 0) is 10.0 Å². The van der Waals surface area contributed by atoms with Gasteiger partial charge in [0.15, 0.2) is 5.00 Å². The number of halogens is 1. The summed E-state index contributed by atoms with van der Waals surface area (Å²) >= 11 is 2.92. The van der Waals surface area contributed by atoms with Crippen LogP contribution in [0.5, 0.6) is 0 Å². The zero-order chi connectivity index (χ0) is 15.6. The molecule has 7 nitrogen and oxygen atoms in total. The Hall–Kier alpha value is -1.40. The van der Waals surface area contributed by atoms with Crippen molar-refractivity contribution in [1.29, 1.82) is 0 Å². The van der Waals surface area contributed by atoms with Crippen molar-refractivity contribution in [3.8, 4) is 0 Å². The summed E-state index contributed by atoms with van der Waals surface area (Å²) in [5, 5.41) is 13.7. The quantitative estimate of drug-likeness (QED) is 0.424. The molecule has 2 aromatic rings. The van der Waals surface area contributed by atoms with Crippen LogP contribution >= 0.6 is 33.9 Å². The first-order chi connectivity index (χ1) is 9.83.